The molecule has 33 heavy (non-hydrogen) atoms. The van der Waals surface area contributed by atoms with Gasteiger partial charge in [0, 0.05) is 29.8 Å². The number of hydrogen-bond donors (Lipinski definition) is 2. The van der Waals surface area contributed by atoms with E-state index < -0.39 is 41.1 Å². The normalized spacial score (nSPS) is 15.0. The molecule has 3 rings (SSSR count). The van der Waals surface area contributed by atoms with Crippen LogP contribution in [0.3, 0.4) is 0 Å². The molecule has 2 aromatic carbocycles. The summed E-state index contributed by atoms with van der Waals surface area (Å²) in [4.78, 5) is 58.8. The number of benzene rings is 2. The maximum Gasteiger partial charge on any atom is 0.311 e. The lowest BCUT2D eigenvalue weighted by molar-refractivity contribution is -0.384. The minimum atomic E-state index is -0.858. The molecule has 0 radical (unpaired) electrons. The first-order valence-electron chi connectivity index (χ1n) is 9.73. The van der Waals surface area contributed by atoms with Crippen molar-refractivity contribution in [2.45, 2.75) is 6.42 Å². The summed E-state index contributed by atoms with van der Waals surface area (Å²) in [5.74, 6) is -2.71. The Morgan fingerprint density at radius 3 is 2.39 bits per heavy atom. The van der Waals surface area contributed by atoms with Crippen molar-refractivity contribution < 1.29 is 33.6 Å². The van der Waals surface area contributed by atoms with Crippen LogP contribution in [0.2, 0.25) is 0 Å². The van der Waals surface area contributed by atoms with Crippen LogP contribution in [0.15, 0.2) is 48.5 Å². The van der Waals surface area contributed by atoms with E-state index >= 15 is 0 Å². The maximum atomic E-state index is 12.3. The summed E-state index contributed by atoms with van der Waals surface area (Å²) in [7, 11) is 1.52. The molecule has 1 aliphatic heterocycles. The number of anilines is 1. The number of methoxy groups -OCH3 is 1. The second kappa shape index (κ2) is 10.2. The molecule has 12 heteroatoms. The van der Waals surface area contributed by atoms with E-state index in [9.17, 15) is 29.3 Å². The number of carbonyl (C=O) groups excluding carboxylic acids is 4. The number of nitrogens with one attached hydrogen (secondary N) is 2. The fourth-order valence-corrected chi connectivity index (χ4v) is 3.02. The summed E-state index contributed by atoms with van der Waals surface area (Å²) in [5.41, 5.74) is 2.78. The lowest BCUT2D eigenvalue weighted by atomic mass is 10.1. The molecule has 1 saturated heterocycles. The van der Waals surface area contributed by atoms with Crippen molar-refractivity contribution in [3.05, 3.63) is 64.2 Å². The Morgan fingerprint density at radius 2 is 1.79 bits per heavy atom. The van der Waals surface area contributed by atoms with Gasteiger partial charge in [-0.1, -0.05) is 0 Å². The predicted molar refractivity (Wildman–Crippen MR) is 113 cm³/mol. The fraction of sp³-hybridized carbons (Fsp3) is 0.238. The summed E-state index contributed by atoms with van der Waals surface area (Å²) >= 11 is 0. The Hall–Kier alpha value is -4.48. The molecule has 1 fully saturated rings. The van der Waals surface area contributed by atoms with E-state index in [-0.39, 0.29) is 24.2 Å². The fourth-order valence-electron chi connectivity index (χ4n) is 3.02. The minimum Gasteiger partial charge on any atom is -0.497 e. The van der Waals surface area contributed by atoms with E-state index in [1.54, 1.807) is 24.3 Å². The third-order valence-corrected chi connectivity index (χ3v) is 4.75. The standard InChI is InChI=1S/C21H20N4O8/c1-32-17-8-4-15(5-9-17)22-18(26)12-33-21(29)14-10-19(27)24(11-14)23-20(28)13-2-6-16(7-3-13)25(30)31/h2-9,14H,10-12H2,1H3,(H,22,26)(H,23,28)/t14-/m0/s1. The molecule has 1 heterocycles. The van der Waals surface area contributed by atoms with Gasteiger partial charge in [-0.15, -0.1) is 0 Å². The number of esters is 1. The number of nitro benzene ring substituents is 1. The molecular formula is C21H20N4O8. The van der Waals surface area contributed by atoms with Gasteiger partial charge in [-0.2, -0.15) is 0 Å². The zero-order valence-corrected chi connectivity index (χ0v) is 17.5. The second-order valence-electron chi connectivity index (χ2n) is 7.03. The van der Waals surface area contributed by atoms with E-state index in [1.165, 1.54) is 19.2 Å². The van der Waals surface area contributed by atoms with Crippen molar-refractivity contribution in [1.82, 2.24) is 10.4 Å². The van der Waals surface area contributed by atoms with Gasteiger partial charge in [0.05, 0.1) is 24.5 Å². The van der Waals surface area contributed by atoms with Gasteiger partial charge in [0.1, 0.15) is 5.75 Å². The average molecular weight is 456 g/mol. The van der Waals surface area contributed by atoms with Crippen LogP contribution in [0, 0.1) is 16.0 Å². The van der Waals surface area contributed by atoms with Crippen LogP contribution < -0.4 is 15.5 Å². The van der Waals surface area contributed by atoms with Crippen molar-refractivity contribution in [2.24, 2.45) is 5.92 Å². The van der Waals surface area contributed by atoms with Crippen LogP contribution in [0.5, 0.6) is 5.75 Å². The summed E-state index contributed by atoms with van der Waals surface area (Å²) in [6, 6.07) is 11.4. The highest BCUT2D eigenvalue weighted by Crippen LogP contribution is 2.19. The van der Waals surface area contributed by atoms with Gasteiger partial charge < -0.3 is 14.8 Å². The first-order valence-corrected chi connectivity index (χ1v) is 9.73. The number of hydrazine groups is 1. The lowest BCUT2D eigenvalue weighted by Crippen LogP contribution is -2.43. The molecule has 2 aromatic rings. The van der Waals surface area contributed by atoms with Gasteiger partial charge in [0.2, 0.25) is 5.91 Å². The monoisotopic (exact) mass is 456 g/mol. The van der Waals surface area contributed by atoms with Crippen LogP contribution in [0.25, 0.3) is 0 Å². The topological polar surface area (TPSA) is 157 Å². The summed E-state index contributed by atoms with van der Waals surface area (Å²) < 4.78 is 10.0. The molecule has 3 amide bonds. The van der Waals surface area contributed by atoms with Crippen LogP contribution in [0.4, 0.5) is 11.4 Å². The van der Waals surface area contributed by atoms with Crippen LogP contribution in [-0.4, -0.2) is 53.9 Å². The third kappa shape index (κ3) is 6.03. The molecule has 0 unspecified atom stereocenters. The van der Waals surface area contributed by atoms with Crippen LogP contribution in [-0.2, 0) is 19.1 Å². The highest BCUT2D eigenvalue weighted by atomic mass is 16.6. The van der Waals surface area contributed by atoms with E-state index in [2.05, 4.69) is 10.7 Å². The predicted octanol–water partition coefficient (Wildman–Crippen LogP) is 1.28. The number of amides is 3. The molecule has 0 aliphatic carbocycles. The molecule has 0 spiro atoms. The van der Waals surface area contributed by atoms with Crippen molar-refractivity contribution >= 4 is 35.1 Å². The van der Waals surface area contributed by atoms with Crippen LogP contribution >= 0.6 is 0 Å². The maximum absolute atomic E-state index is 12.3. The zero-order valence-electron chi connectivity index (χ0n) is 17.5. The van der Waals surface area contributed by atoms with E-state index in [0.29, 0.717) is 11.4 Å². The van der Waals surface area contributed by atoms with E-state index in [0.717, 1.165) is 17.1 Å². The Balaban J connectivity index is 1.47. The number of non-ortho nitro benzene ring substituents is 1. The van der Waals surface area contributed by atoms with Crippen molar-refractivity contribution in [1.29, 1.82) is 0 Å². The highest BCUT2D eigenvalue weighted by molar-refractivity contribution is 5.97. The number of hydrogen-bond acceptors (Lipinski definition) is 8. The summed E-state index contributed by atoms with van der Waals surface area (Å²) in [5, 5.41) is 14.2. The molecule has 0 bridgehead atoms. The number of nitrogens with zero attached hydrogens (tertiary/aromatic N) is 2. The van der Waals surface area contributed by atoms with Crippen LogP contribution in [0.1, 0.15) is 16.8 Å². The van der Waals surface area contributed by atoms with Gasteiger partial charge in [-0.25, -0.2) is 0 Å². The molecule has 1 aliphatic rings. The number of nitro groups is 1. The van der Waals surface area contributed by atoms with Crippen molar-refractivity contribution in [2.75, 3.05) is 25.6 Å². The Kier molecular flexibility index (Phi) is 7.18. The van der Waals surface area contributed by atoms with Crippen molar-refractivity contribution in [3.8, 4) is 5.75 Å². The number of ether oxygens (including phenoxy) is 2. The third-order valence-electron chi connectivity index (χ3n) is 4.75. The quantitative estimate of drug-likeness (QED) is 0.342. The van der Waals surface area contributed by atoms with Gasteiger partial charge in [-0.3, -0.25) is 39.7 Å². The molecule has 0 aromatic heterocycles. The first-order chi connectivity index (χ1) is 15.8. The second-order valence-corrected chi connectivity index (χ2v) is 7.03. The highest BCUT2D eigenvalue weighted by Gasteiger charge is 2.36. The zero-order chi connectivity index (χ0) is 24.0. The Bertz CT molecular complexity index is 1070. The molecular weight excluding hydrogens is 436 g/mol. The Labute approximate surface area is 187 Å². The SMILES string of the molecule is COc1ccc(NC(=O)COC(=O)[C@H]2CC(=O)N(NC(=O)c3ccc([N+](=O)[O-])cc3)C2)cc1. The minimum absolute atomic E-state index is 0.106. The van der Waals surface area contributed by atoms with Gasteiger partial charge in [-0.05, 0) is 36.4 Å². The molecule has 12 nitrogen and oxygen atoms in total. The lowest BCUT2D eigenvalue weighted by Gasteiger charge is -2.17. The van der Waals surface area contributed by atoms with E-state index in [1.807, 2.05) is 0 Å². The smallest absolute Gasteiger partial charge is 0.311 e. The summed E-state index contributed by atoms with van der Waals surface area (Å²) in [6.45, 7) is -0.665. The van der Waals surface area contributed by atoms with E-state index in [4.69, 9.17) is 9.47 Å². The van der Waals surface area contributed by atoms with Gasteiger partial charge in [0.25, 0.3) is 17.5 Å². The first kappa shape index (κ1) is 23.2. The Morgan fingerprint density at radius 1 is 1.12 bits per heavy atom. The molecule has 172 valence electrons. The molecule has 1 atom stereocenters. The number of carbonyl (C=O) groups is 4. The summed E-state index contributed by atoms with van der Waals surface area (Å²) in [6.07, 6.45) is -0.195. The number of rotatable bonds is 8. The molecule has 2 N–H and O–H groups in total. The molecule has 0 saturated carbocycles. The van der Waals surface area contributed by atoms with Gasteiger partial charge >= 0.3 is 5.97 Å². The van der Waals surface area contributed by atoms with Gasteiger partial charge in [0.15, 0.2) is 6.61 Å². The largest absolute Gasteiger partial charge is 0.497 e. The van der Waals surface area contributed by atoms with Crippen molar-refractivity contribution in [3.63, 3.8) is 0 Å². The average Bonchev–Trinajstić information content (AvgIpc) is 3.18.